The maximum atomic E-state index is 12.5. The first-order valence-electron chi connectivity index (χ1n) is 11.2. The summed E-state index contributed by atoms with van der Waals surface area (Å²) in [6.07, 6.45) is 6.58. The Morgan fingerprint density at radius 1 is 1.12 bits per heavy atom. The largest absolute Gasteiger partial charge is 0.497 e. The van der Waals surface area contributed by atoms with Crippen LogP contribution in [0.5, 0.6) is 5.75 Å². The van der Waals surface area contributed by atoms with Crippen molar-refractivity contribution in [3.8, 4) is 5.75 Å². The molecule has 32 heavy (non-hydrogen) atoms. The quantitative estimate of drug-likeness (QED) is 0.517. The molecule has 0 aliphatic heterocycles. The van der Waals surface area contributed by atoms with E-state index in [2.05, 4.69) is 43.3 Å². The van der Waals surface area contributed by atoms with Gasteiger partial charge in [-0.15, -0.1) is 0 Å². The van der Waals surface area contributed by atoms with Crippen molar-refractivity contribution in [2.24, 2.45) is 5.92 Å². The number of rotatable bonds is 6. The van der Waals surface area contributed by atoms with Gasteiger partial charge in [0.2, 0.25) is 0 Å². The highest BCUT2D eigenvalue weighted by Crippen LogP contribution is 2.37. The summed E-state index contributed by atoms with van der Waals surface area (Å²) in [7, 11) is 5.95. The van der Waals surface area contributed by atoms with Crippen molar-refractivity contribution in [2.75, 3.05) is 27.7 Å². The van der Waals surface area contributed by atoms with Crippen molar-refractivity contribution in [3.63, 3.8) is 0 Å². The minimum atomic E-state index is -0.509. The Hall–Kier alpha value is -2.85. The summed E-state index contributed by atoms with van der Waals surface area (Å²) in [5.41, 5.74) is 4.87. The lowest BCUT2D eigenvalue weighted by Crippen LogP contribution is -2.24. The number of carbonyl (C=O) groups excluding carboxylic acids is 1. The average molecular weight is 434 g/mol. The number of methoxy groups -OCH3 is 1. The fourth-order valence-corrected chi connectivity index (χ4v) is 4.06. The van der Waals surface area contributed by atoms with E-state index in [0.717, 1.165) is 30.7 Å². The first kappa shape index (κ1) is 23.8. The molecule has 3 rings (SSSR count). The van der Waals surface area contributed by atoms with Crippen LogP contribution in [0, 0.1) is 5.92 Å². The Morgan fingerprint density at radius 3 is 2.56 bits per heavy atom. The number of allylic oxidation sites excluding steroid dienone is 2. The summed E-state index contributed by atoms with van der Waals surface area (Å²) in [5.74, 6) is 1.04. The van der Waals surface area contributed by atoms with E-state index in [1.54, 1.807) is 7.11 Å². The molecule has 1 aliphatic rings. The van der Waals surface area contributed by atoms with Gasteiger partial charge in [-0.1, -0.05) is 36.4 Å². The van der Waals surface area contributed by atoms with Crippen LogP contribution in [-0.2, 0) is 4.74 Å². The molecule has 2 aromatic rings. The van der Waals surface area contributed by atoms with Gasteiger partial charge in [0.1, 0.15) is 11.4 Å². The van der Waals surface area contributed by atoms with E-state index >= 15 is 0 Å². The SMILES string of the molecule is COc1cccc(C2=C/C(=C\c3cccc(C(=O)OC(C)(C)C)c3)CC[C@@H]2CN(C)C)c1. The van der Waals surface area contributed by atoms with Crippen LogP contribution in [0.4, 0.5) is 0 Å². The molecular weight excluding hydrogens is 398 g/mol. The summed E-state index contributed by atoms with van der Waals surface area (Å²) >= 11 is 0. The zero-order chi connectivity index (χ0) is 23.3. The van der Waals surface area contributed by atoms with E-state index < -0.39 is 5.60 Å². The van der Waals surface area contributed by atoms with Crippen LogP contribution in [-0.4, -0.2) is 44.2 Å². The molecule has 0 radical (unpaired) electrons. The second-order valence-corrected chi connectivity index (χ2v) is 9.68. The summed E-state index contributed by atoms with van der Waals surface area (Å²) in [6.45, 7) is 6.65. The maximum Gasteiger partial charge on any atom is 0.338 e. The maximum absolute atomic E-state index is 12.5. The van der Waals surface area contributed by atoms with Gasteiger partial charge < -0.3 is 14.4 Å². The van der Waals surface area contributed by atoms with E-state index in [1.807, 2.05) is 57.2 Å². The van der Waals surface area contributed by atoms with E-state index in [9.17, 15) is 4.79 Å². The minimum absolute atomic E-state index is 0.292. The predicted molar refractivity (Wildman–Crippen MR) is 132 cm³/mol. The first-order valence-corrected chi connectivity index (χ1v) is 11.2. The number of nitrogens with zero attached hydrogens (tertiary/aromatic N) is 1. The van der Waals surface area contributed by atoms with Gasteiger partial charge in [0, 0.05) is 6.54 Å². The number of ether oxygens (including phenoxy) is 2. The standard InChI is InChI=1S/C28H35NO3/c1-28(2,3)32-27(30)23-11-7-9-20(16-23)15-21-13-14-24(19-29(4)5)26(17-21)22-10-8-12-25(18-22)31-6/h7-12,15-18,24H,13-14,19H2,1-6H3/b21-15-/t24-/m1/s1. The number of esters is 1. The number of benzene rings is 2. The molecule has 4 heteroatoms. The van der Waals surface area contributed by atoms with Crippen LogP contribution in [0.2, 0.25) is 0 Å². The van der Waals surface area contributed by atoms with E-state index in [1.165, 1.54) is 16.7 Å². The molecule has 0 saturated carbocycles. The van der Waals surface area contributed by atoms with Gasteiger partial charge in [-0.3, -0.25) is 0 Å². The van der Waals surface area contributed by atoms with Crippen molar-refractivity contribution < 1.29 is 14.3 Å². The molecule has 1 atom stereocenters. The van der Waals surface area contributed by atoms with Gasteiger partial charge in [-0.25, -0.2) is 4.79 Å². The van der Waals surface area contributed by atoms with Gasteiger partial charge in [-0.2, -0.15) is 0 Å². The van der Waals surface area contributed by atoms with Gasteiger partial charge >= 0.3 is 5.97 Å². The molecule has 0 spiro atoms. The average Bonchev–Trinajstić information content (AvgIpc) is 2.73. The smallest absolute Gasteiger partial charge is 0.338 e. The molecule has 170 valence electrons. The highest BCUT2D eigenvalue weighted by molar-refractivity contribution is 5.90. The third-order valence-corrected chi connectivity index (χ3v) is 5.42. The van der Waals surface area contributed by atoms with Crippen LogP contribution in [0.25, 0.3) is 11.6 Å². The van der Waals surface area contributed by atoms with Crippen molar-refractivity contribution in [2.45, 2.75) is 39.2 Å². The second kappa shape index (κ2) is 10.2. The third-order valence-electron chi connectivity index (χ3n) is 5.42. The molecule has 2 aromatic carbocycles. The molecule has 0 heterocycles. The van der Waals surface area contributed by atoms with Crippen molar-refractivity contribution in [3.05, 3.63) is 76.9 Å². The molecule has 0 fully saturated rings. The molecule has 4 nitrogen and oxygen atoms in total. The second-order valence-electron chi connectivity index (χ2n) is 9.68. The zero-order valence-electron chi connectivity index (χ0n) is 20.1. The van der Waals surface area contributed by atoms with Crippen molar-refractivity contribution in [1.29, 1.82) is 0 Å². The zero-order valence-corrected chi connectivity index (χ0v) is 20.1. The third kappa shape index (κ3) is 6.57. The highest BCUT2D eigenvalue weighted by atomic mass is 16.6. The lowest BCUT2D eigenvalue weighted by Gasteiger charge is -2.29. The van der Waals surface area contributed by atoms with E-state index in [4.69, 9.17) is 9.47 Å². The fraction of sp³-hybridized carbons (Fsp3) is 0.393. The minimum Gasteiger partial charge on any atom is -0.497 e. The van der Waals surface area contributed by atoms with Crippen molar-refractivity contribution in [1.82, 2.24) is 4.90 Å². The van der Waals surface area contributed by atoms with E-state index in [-0.39, 0.29) is 5.97 Å². The predicted octanol–water partition coefficient (Wildman–Crippen LogP) is 6.09. The Balaban J connectivity index is 1.93. The number of hydrogen-bond donors (Lipinski definition) is 0. The molecule has 0 amide bonds. The lowest BCUT2D eigenvalue weighted by molar-refractivity contribution is 0.00695. The van der Waals surface area contributed by atoms with Crippen molar-refractivity contribution >= 4 is 17.6 Å². The molecule has 0 bridgehead atoms. The Labute approximate surface area is 192 Å². The van der Waals surface area contributed by atoms with Crippen LogP contribution in [0.15, 0.2) is 60.2 Å². The van der Waals surface area contributed by atoms with Crippen LogP contribution >= 0.6 is 0 Å². The number of carbonyl (C=O) groups is 1. The molecule has 0 saturated heterocycles. The summed E-state index contributed by atoms with van der Waals surface area (Å²) < 4.78 is 11.0. The molecule has 0 N–H and O–H groups in total. The fourth-order valence-electron chi connectivity index (χ4n) is 4.06. The summed E-state index contributed by atoms with van der Waals surface area (Å²) in [6, 6.07) is 16.0. The topological polar surface area (TPSA) is 38.8 Å². The summed E-state index contributed by atoms with van der Waals surface area (Å²) in [5, 5.41) is 0. The highest BCUT2D eigenvalue weighted by Gasteiger charge is 2.22. The normalized spacial score (nSPS) is 17.9. The van der Waals surface area contributed by atoms with E-state index in [0.29, 0.717) is 11.5 Å². The lowest BCUT2D eigenvalue weighted by atomic mass is 9.81. The monoisotopic (exact) mass is 433 g/mol. The molecule has 1 aliphatic carbocycles. The number of hydrogen-bond acceptors (Lipinski definition) is 4. The Kier molecular flexibility index (Phi) is 7.57. The van der Waals surface area contributed by atoms with Crippen LogP contribution in [0.3, 0.4) is 0 Å². The Morgan fingerprint density at radius 2 is 1.88 bits per heavy atom. The van der Waals surface area contributed by atoms with Gasteiger partial charge in [-0.05, 0) is 100 Å². The van der Waals surface area contributed by atoms with Gasteiger partial charge in [0.15, 0.2) is 0 Å². The molecule has 0 unspecified atom stereocenters. The van der Waals surface area contributed by atoms with Crippen LogP contribution in [0.1, 0.15) is 55.1 Å². The molecular formula is C28H35NO3. The van der Waals surface area contributed by atoms with Crippen LogP contribution < -0.4 is 4.74 Å². The molecule has 0 aromatic heterocycles. The summed E-state index contributed by atoms with van der Waals surface area (Å²) in [4.78, 5) is 14.7. The Bertz CT molecular complexity index is 1010. The first-order chi connectivity index (χ1) is 15.1. The van der Waals surface area contributed by atoms with Gasteiger partial charge in [0.05, 0.1) is 12.7 Å². The van der Waals surface area contributed by atoms with Gasteiger partial charge in [0.25, 0.3) is 0 Å².